The Labute approximate surface area is 94.5 Å². The standard InChI is InChI=1S/C12H16N4/c13-11-7-14-8-12-10(11)6-15-16(12)9-4-2-1-3-5-9/h6-9H,1-5,13H2. The molecule has 2 N–H and O–H groups in total. The van der Waals surface area contributed by atoms with Gasteiger partial charge in [0.1, 0.15) is 0 Å². The van der Waals surface area contributed by atoms with E-state index in [-0.39, 0.29) is 0 Å². The summed E-state index contributed by atoms with van der Waals surface area (Å²) in [7, 11) is 0. The minimum Gasteiger partial charge on any atom is -0.397 e. The number of nitrogen functional groups attached to an aromatic ring is 1. The quantitative estimate of drug-likeness (QED) is 0.796. The molecule has 2 heterocycles. The molecule has 1 saturated carbocycles. The molecule has 16 heavy (non-hydrogen) atoms. The summed E-state index contributed by atoms with van der Waals surface area (Å²) in [6.07, 6.45) is 11.8. The zero-order chi connectivity index (χ0) is 11.0. The number of nitrogens with two attached hydrogens (primary N) is 1. The van der Waals surface area contributed by atoms with Gasteiger partial charge in [0, 0.05) is 5.39 Å². The first-order chi connectivity index (χ1) is 7.86. The van der Waals surface area contributed by atoms with Gasteiger partial charge in [-0.2, -0.15) is 5.10 Å². The molecular weight excluding hydrogens is 200 g/mol. The second kappa shape index (κ2) is 3.77. The zero-order valence-electron chi connectivity index (χ0n) is 9.26. The van der Waals surface area contributed by atoms with Crippen molar-refractivity contribution in [3.8, 4) is 0 Å². The highest BCUT2D eigenvalue weighted by Gasteiger charge is 2.18. The van der Waals surface area contributed by atoms with Crippen LogP contribution in [0.4, 0.5) is 5.69 Å². The van der Waals surface area contributed by atoms with Gasteiger partial charge in [-0.05, 0) is 12.8 Å². The molecule has 1 aliphatic carbocycles. The molecule has 0 saturated heterocycles. The van der Waals surface area contributed by atoms with E-state index in [1.807, 2.05) is 12.4 Å². The minimum atomic E-state index is 0.537. The Kier molecular flexibility index (Phi) is 2.27. The maximum Gasteiger partial charge on any atom is 0.0889 e. The Morgan fingerprint density at radius 3 is 2.75 bits per heavy atom. The molecule has 0 bridgehead atoms. The van der Waals surface area contributed by atoms with Crippen LogP contribution in [0.3, 0.4) is 0 Å². The average Bonchev–Trinajstić information content (AvgIpc) is 2.75. The van der Waals surface area contributed by atoms with Gasteiger partial charge in [0.25, 0.3) is 0 Å². The summed E-state index contributed by atoms with van der Waals surface area (Å²) < 4.78 is 2.11. The van der Waals surface area contributed by atoms with E-state index in [9.17, 15) is 0 Å². The third-order valence-electron chi connectivity index (χ3n) is 3.48. The van der Waals surface area contributed by atoms with Crippen LogP contribution in [0.2, 0.25) is 0 Å². The smallest absolute Gasteiger partial charge is 0.0889 e. The number of hydrogen-bond acceptors (Lipinski definition) is 3. The molecule has 0 atom stereocenters. The van der Waals surface area contributed by atoms with Gasteiger partial charge in [0.2, 0.25) is 0 Å². The number of rotatable bonds is 1. The van der Waals surface area contributed by atoms with Crippen molar-refractivity contribution in [2.24, 2.45) is 0 Å². The lowest BCUT2D eigenvalue weighted by Crippen LogP contribution is -2.13. The molecular formula is C12H16N4. The highest BCUT2D eigenvalue weighted by Crippen LogP contribution is 2.31. The third-order valence-corrected chi connectivity index (χ3v) is 3.48. The lowest BCUT2D eigenvalue weighted by molar-refractivity contribution is 0.337. The van der Waals surface area contributed by atoms with Crippen molar-refractivity contribution in [2.45, 2.75) is 38.1 Å². The van der Waals surface area contributed by atoms with Crippen molar-refractivity contribution >= 4 is 16.6 Å². The summed E-state index contributed by atoms with van der Waals surface area (Å²) in [6, 6.07) is 0.537. The van der Waals surface area contributed by atoms with Gasteiger partial charge in [-0.25, -0.2) is 0 Å². The minimum absolute atomic E-state index is 0.537. The van der Waals surface area contributed by atoms with Crippen LogP contribution in [-0.2, 0) is 0 Å². The maximum absolute atomic E-state index is 5.88. The Bertz CT molecular complexity index is 497. The highest BCUT2D eigenvalue weighted by molar-refractivity contribution is 5.89. The molecule has 1 fully saturated rings. The van der Waals surface area contributed by atoms with Crippen molar-refractivity contribution in [1.82, 2.24) is 14.8 Å². The molecule has 0 amide bonds. The van der Waals surface area contributed by atoms with Crippen LogP contribution >= 0.6 is 0 Å². The van der Waals surface area contributed by atoms with Crippen molar-refractivity contribution in [3.63, 3.8) is 0 Å². The van der Waals surface area contributed by atoms with E-state index < -0.39 is 0 Å². The molecule has 0 aromatic carbocycles. The van der Waals surface area contributed by atoms with Crippen LogP contribution in [0.5, 0.6) is 0 Å². The molecule has 0 radical (unpaired) electrons. The van der Waals surface area contributed by atoms with Gasteiger partial charge in [-0.15, -0.1) is 0 Å². The van der Waals surface area contributed by atoms with Crippen LogP contribution in [0.1, 0.15) is 38.1 Å². The fourth-order valence-corrected chi connectivity index (χ4v) is 2.60. The van der Waals surface area contributed by atoms with Gasteiger partial charge in [0.15, 0.2) is 0 Å². The van der Waals surface area contributed by atoms with Crippen LogP contribution in [0.25, 0.3) is 10.9 Å². The summed E-state index contributed by atoms with van der Waals surface area (Å²) >= 11 is 0. The topological polar surface area (TPSA) is 56.7 Å². The van der Waals surface area contributed by atoms with E-state index in [0.29, 0.717) is 6.04 Å². The first-order valence-electron chi connectivity index (χ1n) is 5.93. The van der Waals surface area contributed by atoms with Crippen molar-refractivity contribution < 1.29 is 0 Å². The lowest BCUT2D eigenvalue weighted by Gasteiger charge is -2.22. The molecule has 1 aliphatic rings. The molecule has 0 spiro atoms. The van der Waals surface area contributed by atoms with E-state index in [4.69, 9.17) is 5.73 Å². The van der Waals surface area contributed by atoms with E-state index >= 15 is 0 Å². The van der Waals surface area contributed by atoms with Crippen LogP contribution in [0, 0.1) is 0 Å². The van der Waals surface area contributed by atoms with Gasteiger partial charge in [-0.3, -0.25) is 9.67 Å². The predicted molar refractivity (Wildman–Crippen MR) is 64.1 cm³/mol. The fraction of sp³-hybridized carbons (Fsp3) is 0.500. The molecule has 2 aromatic heterocycles. The molecule has 2 aromatic rings. The predicted octanol–water partition coefficient (Wildman–Crippen LogP) is 2.52. The summed E-state index contributed by atoms with van der Waals surface area (Å²) in [4.78, 5) is 4.15. The first kappa shape index (κ1) is 9.63. The Hall–Kier alpha value is -1.58. The fourth-order valence-electron chi connectivity index (χ4n) is 2.60. The van der Waals surface area contributed by atoms with Gasteiger partial charge in [0.05, 0.1) is 35.8 Å². The first-order valence-corrected chi connectivity index (χ1v) is 5.93. The van der Waals surface area contributed by atoms with Crippen molar-refractivity contribution in [1.29, 1.82) is 0 Å². The van der Waals surface area contributed by atoms with E-state index in [0.717, 1.165) is 16.6 Å². The molecule has 84 valence electrons. The maximum atomic E-state index is 5.88. The zero-order valence-corrected chi connectivity index (χ0v) is 9.26. The number of aromatic nitrogens is 3. The second-order valence-corrected chi connectivity index (χ2v) is 4.54. The Morgan fingerprint density at radius 2 is 1.94 bits per heavy atom. The van der Waals surface area contributed by atoms with Gasteiger partial charge in [-0.1, -0.05) is 19.3 Å². The summed E-state index contributed by atoms with van der Waals surface area (Å²) in [5.74, 6) is 0. The number of pyridine rings is 1. The second-order valence-electron chi connectivity index (χ2n) is 4.54. The number of fused-ring (bicyclic) bond motifs is 1. The number of anilines is 1. The number of nitrogens with zero attached hydrogens (tertiary/aromatic N) is 3. The van der Waals surface area contributed by atoms with Crippen molar-refractivity contribution in [2.75, 3.05) is 5.73 Å². The van der Waals surface area contributed by atoms with Gasteiger partial charge < -0.3 is 5.73 Å². The normalized spacial score (nSPS) is 18.0. The summed E-state index contributed by atoms with van der Waals surface area (Å²) in [5, 5.41) is 5.50. The Balaban J connectivity index is 2.06. The monoisotopic (exact) mass is 216 g/mol. The lowest BCUT2D eigenvalue weighted by atomic mass is 9.95. The Morgan fingerprint density at radius 1 is 1.12 bits per heavy atom. The van der Waals surface area contributed by atoms with Crippen molar-refractivity contribution in [3.05, 3.63) is 18.6 Å². The largest absolute Gasteiger partial charge is 0.397 e. The SMILES string of the molecule is Nc1cncc2c1cnn2C1CCCCC1. The molecule has 4 heteroatoms. The average molecular weight is 216 g/mol. The molecule has 3 rings (SSSR count). The summed E-state index contributed by atoms with van der Waals surface area (Å²) in [6.45, 7) is 0. The third kappa shape index (κ3) is 1.45. The van der Waals surface area contributed by atoms with Gasteiger partial charge >= 0.3 is 0 Å². The summed E-state index contributed by atoms with van der Waals surface area (Å²) in [5.41, 5.74) is 7.68. The van der Waals surface area contributed by atoms with Crippen LogP contribution in [0.15, 0.2) is 18.6 Å². The van der Waals surface area contributed by atoms with E-state index in [1.165, 1.54) is 32.1 Å². The van der Waals surface area contributed by atoms with E-state index in [2.05, 4.69) is 14.8 Å². The van der Waals surface area contributed by atoms with Crippen LogP contribution in [-0.4, -0.2) is 14.8 Å². The molecule has 0 unspecified atom stereocenters. The van der Waals surface area contributed by atoms with Crippen LogP contribution < -0.4 is 5.73 Å². The molecule has 0 aliphatic heterocycles. The number of hydrogen-bond donors (Lipinski definition) is 1. The molecule has 4 nitrogen and oxygen atoms in total. The van der Waals surface area contributed by atoms with E-state index in [1.54, 1.807) is 6.20 Å². The highest BCUT2D eigenvalue weighted by atomic mass is 15.3.